The third-order valence-electron chi connectivity index (χ3n) is 6.44. The minimum atomic E-state index is -1.32. The van der Waals surface area contributed by atoms with Gasteiger partial charge in [0.1, 0.15) is 6.04 Å². The van der Waals surface area contributed by atoms with Crippen LogP contribution in [-0.2, 0) is 29.1 Å². The van der Waals surface area contributed by atoms with E-state index in [1.807, 2.05) is 34.5 Å². The van der Waals surface area contributed by atoms with E-state index in [4.69, 9.17) is 9.47 Å². The van der Waals surface area contributed by atoms with Gasteiger partial charge >= 0.3 is 29.6 Å². The van der Waals surface area contributed by atoms with Gasteiger partial charge in [0.05, 0.1) is 20.3 Å². The number of carbonyl (C=O) groups is 2. The second-order valence-corrected chi connectivity index (χ2v) is 9.97. The molecule has 0 fully saturated rings. The van der Waals surface area contributed by atoms with E-state index < -0.39 is 24.5 Å². The standard InChI is InChI=1S/C25H32N6O6S.Na/c1-36-19-11-16-7-9-30(15-17(16)12-20(19)37-2)22(33)6-3-8-31-25(27-28-29-31)24(21-5-4-10-38-21)26-14-18(32)13-23(34)35;/h4-5,10-12,18,24,26,32H,3,6-9,13-15H2,1-2H3,(H,34,35);/q;+1/p-1. The van der Waals surface area contributed by atoms with Gasteiger partial charge < -0.3 is 34.7 Å². The number of amides is 1. The zero-order valence-corrected chi connectivity index (χ0v) is 25.1. The number of ether oxygens (including phenoxy) is 2. The number of hydrogen-bond donors (Lipinski definition) is 2. The minimum Gasteiger partial charge on any atom is -0.550 e. The Bertz CT molecular complexity index is 1240. The zero-order valence-electron chi connectivity index (χ0n) is 22.3. The molecule has 2 atom stereocenters. The van der Waals surface area contributed by atoms with Crippen molar-refractivity contribution < 1.29 is 58.8 Å². The maximum atomic E-state index is 13.0. The summed E-state index contributed by atoms with van der Waals surface area (Å²) < 4.78 is 12.4. The van der Waals surface area contributed by atoms with Gasteiger partial charge in [-0.3, -0.25) is 4.79 Å². The monoisotopic (exact) mass is 566 g/mol. The Hall–Kier alpha value is -2.55. The summed E-state index contributed by atoms with van der Waals surface area (Å²) in [5.74, 6) is 0.587. The molecule has 1 amide bonds. The fraction of sp³-hybridized carbons (Fsp3) is 0.480. The van der Waals surface area contributed by atoms with Crippen LogP contribution in [0.3, 0.4) is 0 Å². The average Bonchev–Trinajstić information content (AvgIpc) is 3.60. The molecule has 2 aromatic heterocycles. The quantitative estimate of drug-likeness (QED) is 0.209. The fourth-order valence-corrected chi connectivity index (χ4v) is 5.30. The Balaban J connectivity index is 0.00000420. The van der Waals surface area contributed by atoms with Crippen LogP contribution in [-0.4, -0.2) is 75.5 Å². The number of aliphatic hydroxyl groups is 1. The number of nitrogens with one attached hydrogen (secondary N) is 1. The number of aliphatic carboxylic acids is 1. The molecule has 2 N–H and O–H groups in total. The first-order valence-corrected chi connectivity index (χ1v) is 13.2. The zero-order chi connectivity index (χ0) is 27.1. The van der Waals surface area contributed by atoms with E-state index in [1.54, 1.807) is 18.9 Å². The summed E-state index contributed by atoms with van der Waals surface area (Å²) in [6, 6.07) is 7.27. The third kappa shape index (κ3) is 7.99. The van der Waals surface area contributed by atoms with Crippen molar-refractivity contribution in [3.8, 4) is 11.5 Å². The number of aliphatic hydroxyl groups excluding tert-OH is 1. The molecule has 0 aliphatic carbocycles. The smallest absolute Gasteiger partial charge is 0.550 e. The molecule has 3 heterocycles. The van der Waals surface area contributed by atoms with Gasteiger partial charge in [-0.2, -0.15) is 0 Å². The summed E-state index contributed by atoms with van der Waals surface area (Å²) in [5.41, 5.74) is 2.21. The first-order chi connectivity index (χ1) is 18.4. The van der Waals surface area contributed by atoms with Crippen LogP contribution in [0.2, 0.25) is 0 Å². The number of carbonyl (C=O) groups excluding carboxylic acids is 2. The maximum absolute atomic E-state index is 13.0. The van der Waals surface area contributed by atoms with E-state index in [0.29, 0.717) is 49.8 Å². The van der Waals surface area contributed by atoms with Gasteiger partial charge in [-0.15, -0.1) is 16.4 Å². The van der Waals surface area contributed by atoms with Crippen LogP contribution in [0.5, 0.6) is 11.5 Å². The molecule has 1 aliphatic heterocycles. The number of methoxy groups -OCH3 is 2. The molecule has 0 saturated heterocycles. The van der Waals surface area contributed by atoms with Crippen LogP contribution < -0.4 is 49.5 Å². The molecule has 0 radical (unpaired) electrons. The van der Waals surface area contributed by atoms with Crippen LogP contribution in [0.4, 0.5) is 0 Å². The molecular weight excluding hydrogens is 535 g/mol. The molecular formula is C25H31N6NaO6S. The molecule has 0 saturated carbocycles. The number of aryl methyl sites for hydroxylation is 1. The third-order valence-corrected chi connectivity index (χ3v) is 7.37. The molecule has 14 heteroatoms. The number of carboxylic acids is 1. The Labute approximate surface area is 252 Å². The normalized spacial score (nSPS) is 14.2. The summed E-state index contributed by atoms with van der Waals surface area (Å²) >= 11 is 1.49. The number of thiophene rings is 1. The summed E-state index contributed by atoms with van der Waals surface area (Å²) in [6.07, 6.45) is 0.0369. The molecule has 39 heavy (non-hydrogen) atoms. The van der Waals surface area contributed by atoms with Crippen LogP contribution in [0, 0.1) is 0 Å². The predicted octanol–water partition coefficient (Wildman–Crippen LogP) is -2.70. The second-order valence-electron chi connectivity index (χ2n) is 8.99. The Kier molecular flexibility index (Phi) is 11.7. The Morgan fingerprint density at radius 2 is 1.97 bits per heavy atom. The number of carboxylic acid groups (broad SMARTS) is 1. The van der Waals surface area contributed by atoms with Gasteiger partial charge in [-0.25, -0.2) is 4.68 Å². The van der Waals surface area contributed by atoms with Crippen molar-refractivity contribution in [2.45, 2.75) is 50.9 Å². The van der Waals surface area contributed by atoms with E-state index in [9.17, 15) is 19.8 Å². The summed E-state index contributed by atoms with van der Waals surface area (Å²) in [4.78, 5) is 26.6. The number of benzene rings is 1. The summed E-state index contributed by atoms with van der Waals surface area (Å²) in [5, 5.41) is 37.9. The van der Waals surface area contributed by atoms with Crippen LogP contribution >= 0.6 is 11.3 Å². The van der Waals surface area contributed by atoms with Crippen molar-refractivity contribution in [3.05, 3.63) is 51.5 Å². The number of tetrazole rings is 1. The van der Waals surface area contributed by atoms with E-state index >= 15 is 0 Å². The number of fused-ring (bicyclic) bond motifs is 1. The Morgan fingerprint density at radius 3 is 2.64 bits per heavy atom. The van der Waals surface area contributed by atoms with E-state index in [1.165, 1.54) is 11.3 Å². The summed E-state index contributed by atoms with van der Waals surface area (Å²) in [6.45, 7) is 1.60. The van der Waals surface area contributed by atoms with Crippen molar-refractivity contribution in [2.75, 3.05) is 27.3 Å². The number of nitrogens with zero attached hydrogens (tertiary/aromatic N) is 5. The molecule has 2 unspecified atom stereocenters. The van der Waals surface area contributed by atoms with E-state index in [0.717, 1.165) is 22.4 Å². The first kappa shape index (κ1) is 31.0. The Morgan fingerprint density at radius 1 is 1.23 bits per heavy atom. The van der Waals surface area contributed by atoms with Gasteiger partial charge in [-0.05, 0) is 58.0 Å². The molecule has 12 nitrogen and oxygen atoms in total. The maximum Gasteiger partial charge on any atom is 1.00 e. The molecule has 1 aromatic carbocycles. The fourth-order valence-electron chi connectivity index (χ4n) is 4.50. The van der Waals surface area contributed by atoms with Crippen molar-refractivity contribution in [1.29, 1.82) is 0 Å². The van der Waals surface area contributed by atoms with Gasteiger partial charge in [0.15, 0.2) is 17.3 Å². The SMILES string of the molecule is COc1cc2c(cc1OC)CN(C(=O)CCCn1nnnc1C(NCC(O)CC(=O)[O-])c1cccs1)CC2.[Na+]. The first-order valence-electron chi connectivity index (χ1n) is 12.3. The van der Waals surface area contributed by atoms with Crippen LogP contribution in [0.1, 0.15) is 47.1 Å². The van der Waals surface area contributed by atoms with Crippen LogP contribution in [0.15, 0.2) is 29.6 Å². The molecule has 204 valence electrons. The van der Waals surface area contributed by atoms with Gasteiger partial charge in [0.25, 0.3) is 0 Å². The largest absolute Gasteiger partial charge is 1.00 e. The van der Waals surface area contributed by atoms with E-state index in [2.05, 4.69) is 20.8 Å². The van der Waals surface area contributed by atoms with Crippen molar-refractivity contribution in [2.24, 2.45) is 0 Å². The van der Waals surface area contributed by atoms with Gasteiger partial charge in [-0.1, -0.05) is 6.07 Å². The van der Waals surface area contributed by atoms with Crippen LogP contribution in [0.25, 0.3) is 0 Å². The number of hydrogen-bond acceptors (Lipinski definition) is 11. The average molecular weight is 567 g/mol. The second kappa shape index (κ2) is 14.7. The molecule has 0 spiro atoms. The number of aromatic nitrogens is 4. The van der Waals surface area contributed by atoms with Gasteiger partial charge in [0.2, 0.25) is 5.91 Å². The minimum absolute atomic E-state index is 0. The topological polar surface area (TPSA) is 155 Å². The molecule has 1 aliphatic rings. The molecule has 4 rings (SSSR count). The van der Waals surface area contributed by atoms with Gasteiger partial charge in [0, 0.05) is 49.9 Å². The summed E-state index contributed by atoms with van der Waals surface area (Å²) in [7, 11) is 3.20. The molecule has 3 aromatic rings. The predicted molar refractivity (Wildman–Crippen MR) is 136 cm³/mol. The van der Waals surface area contributed by atoms with Crippen molar-refractivity contribution in [1.82, 2.24) is 30.4 Å². The molecule has 0 bridgehead atoms. The van der Waals surface area contributed by atoms with E-state index in [-0.39, 0.29) is 42.0 Å². The van der Waals surface area contributed by atoms with Crippen molar-refractivity contribution >= 4 is 23.2 Å². The van der Waals surface area contributed by atoms with Crippen molar-refractivity contribution in [3.63, 3.8) is 0 Å². The number of rotatable bonds is 13.